The van der Waals surface area contributed by atoms with Crippen molar-refractivity contribution in [2.45, 2.75) is 56.9 Å². The molecule has 1 aromatic heterocycles. The number of benzene rings is 2. The number of furan rings is 1. The smallest absolute Gasteiger partial charge is 0.407 e. The Labute approximate surface area is 197 Å². The first-order chi connectivity index (χ1) is 15.5. The summed E-state index contributed by atoms with van der Waals surface area (Å²) < 4.78 is 49.1. The van der Waals surface area contributed by atoms with Crippen molar-refractivity contribution in [1.29, 1.82) is 5.26 Å². The first-order valence-electron chi connectivity index (χ1n) is 10.7. The van der Waals surface area contributed by atoms with E-state index in [9.17, 15) is 23.2 Å². The number of nitriles is 1. The van der Waals surface area contributed by atoms with Gasteiger partial charge < -0.3 is 9.73 Å². The molecule has 1 aliphatic carbocycles. The largest absolute Gasteiger partial charge is 0.456 e. The van der Waals surface area contributed by atoms with Crippen molar-refractivity contribution in [2.75, 3.05) is 0 Å². The molecule has 1 amide bonds. The van der Waals surface area contributed by atoms with E-state index in [4.69, 9.17) is 4.42 Å². The minimum Gasteiger partial charge on any atom is -0.456 e. The van der Waals surface area contributed by atoms with Crippen LogP contribution in [0.1, 0.15) is 44.7 Å². The second-order valence-corrected chi connectivity index (χ2v) is 9.92. The average molecular weight is 522 g/mol. The summed E-state index contributed by atoms with van der Waals surface area (Å²) in [4.78, 5) is 12.8. The number of fused-ring (bicyclic) bond motifs is 3. The fraction of sp³-hybridized carbons (Fsp3) is 0.417. The van der Waals surface area contributed by atoms with Crippen LogP contribution >= 0.6 is 15.9 Å². The van der Waals surface area contributed by atoms with Crippen molar-refractivity contribution in [3.63, 3.8) is 0 Å². The summed E-state index contributed by atoms with van der Waals surface area (Å²) in [6.45, 7) is 3.67. The summed E-state index contributed by atoms with van der Waals surface area (Å²) in [6.07, 6.45) is -3.44. The summed E-state index contributed by atoms with van der Waals surface area (Å²) >= 11 is 3.40. The van der Waals surface area contributed by atoms with Crippen molar-refractivity contribution in [2.24, 2.45) is 5.92 Å². The van der Waals surface area contributed by atoms with Crippen LogP contribution in [0.15, 0.2) is 45.3 Å². The fourth-order valence-corrected chi connectivity index (χ4v) is 4.32. The molecule has 0 unspecified atom stereocenters. The molecule has 1 saturated carbocycles. The Morgan fingerprint density at radius 1 is 1.18 bits per heavy atom. The summed E-state index contributed by atoms with van der Waals surface area (Å²) in [5.41, 5.74) is -0.0902. The van der Waals surface area contributed by atoms with Crippen molar-refractivity contribution in [1.82, 2.24) is 10.6 Å². The number of nitrogens with one attached hydrogen (secondary N) is 2. The second-order valence-electron chi connectivity index (χ2n) is 9.00. The fourth-order valence-electron chi connectivity index (χ4n) is 3.96. The zero-order chi connectivity index (χ0) is 24.0. The lowest BCUT2D eigenvalue weighted by Gasteiger charge is -2.29. The number of carbonyl (C=O) groups is 1. The van der Waals surface area contributed by atoms with Crippen LogP contribution < -0.4 is 10.6 Å². The molecule has 0 aliphatic heterocycles. The molecule has 1 heterocycles. The summed E-state index contributed by atoms with van der Waals surface area (Å²) in [5.74, 6) is -0.623. The summed E-state index contributed by atoms with van der Waals surface area (Å²) in [7, 11) is 0. The molecule has 9 heteroatoms. The molecule has 1 aliphatic rings. The lowest BCUT2D eigenvalue weighted by molar-refractivity contribution is -0.161. The molecule has 2 aromatic carbocycles. The minimum absolute atomic E-state index is 0.0318. The number of nitrogens with zero attached hydrogens (tertiary/aromatic N) is 1. The third kappa shape index (κ3) is 5.02. The maximum Gasteiger partial charge on any atom is 0.407 e. The number of amides is 1. The van der Waals surface area contributed by atoms with Crippen LogP contribution in [0.2, 0.25) is 0 Å². The molecule has 0 spiro atoms. The maximum atomic E-state index is 14.2. The number of rotatable bonds is 7. The van der Waals surface area contributed by atoms with E-state index in [0.29, 0.717) is 29.4 Å². The molecular weight excluding hydrogens is 499 g/mol. The first kappa shape index (κ1) is 23.6. The molecule has 33 heavy (non-hydrogen) atoms. The van der Waals surface area contributed by atoms with Crippen molar-refractivity contribution in [3.8, 4) is 6.07 Å². The Balaban J connectivity index is 1.68. The van der Waals surface area contributed by atoms with E-state index < -0.39 is 29.7 Å². The van der Waals surface area contributed by atoms with Crippen LogP contribution in [-0.4, -0.2) is 23.7 Å². The lowest BCUT2D eigenvalue weighted by atomic mass is 9.98. The van der Waals surface area contributed by atoms with Gasteiger partial charge in [0.05, 0.1) is 12.1 Å². The Hall–Kier alpha value is -2.57. The second kappa shape index (κ2) is 8.65. The van der Waals surface area contributed by atoms with E-state index in [-0.39, 0.29) is 17.9 Å². The Morgan fingerprint density at radius 3 is 2.52 bits per heavy atom. The third-order valence-electron chi connectivity index (χ3n) is 5.84. The van der Waals surface area contributed by atoms with E-state index in [2.05, 4.69) is 26.6 Å². The Morgan fingerprint density at radius 2 is 1.91 bits per heavy atom. The van der Waals surface area contributed by atoms with Gasteiger partial charge in [0, 0.05) is 15.2 Å². The minimum atomic E-state index is -4.65. The van der Waals surface area contributed by atoms with Gasteiger partial charge in [-0.3, -0.25) is 10.1 Å². The van der Waals surface area contributed by atoms with Gasteiger partial charge in [-0.05, 0) is 55.0 Å². The monoisotopic (exact) mass is 521 g/mol. The molecule has 4 rings (SSSR count). The van der Waals surface area contributed by atoms with Crippen LogP contribution in [0.3, 0.4) is 0 Å². The van der Waals surface area contributed by atoms with Gasteiger partial charge in [-0.1, -0.05) is 41.9 Å². The standard InChI is InChI=1S/C24H23BrF3N3O2/c1-13(2)9-18(22(32)31-23(12-29)7-8-23)30-21(24(26,27)28)14-3-5-16-17-11-15(25)4-6-19(17)33-20(16)10-14/h3-6,10-11,13,18,21,30H,7-9H2,1-2H3,(H,31,32)/t18-,21-/m0/s1. The van der Waals surface area contributed by atoms with Crippen LogP contribution in [0, 0.1) is 17.2 Å². The molecule has 1 fully saturated rings. The number of alkyl halides is 3. The van der Waals surface area contributed by atoms with Crippen LogP contribution in [0.25, 0.3) is 21.9 Å². The highest BCUT2D eigenvalue weighted by atomic mass is 79.9. The molecule has 2 atom stereocenters. The molecule has 0 radical (unpaired) electrons. The highest BCUT2D eigenvalue weighted by Crippen LogP contribution is 2.38. The number of halogens is 4. The lowest BCUT2D eigenvalue weighted by Crippen LogP contribution is -2.52. The van der Waals surface area contributed by atoms with Gasteiger partial charge in [-0.2, -0.15) is 18.4 Å². The molecule has 0 bridgehead atoms. The molecule has 2 N–H and O–H groups in total. The van der Waals surface area contributed by atoms with Crippen LogP contribution in [0.5, 0.6) is 0 Å². The third-order valence-corrected chi connectivity index (χ3v) is 6.33. The summed E-state index contributed by atoms with van der Waals surface area (Å²) in [6, 6.07) is 8.66. The predicted molar refractivity (Wildman–Crippen MR) is 122 cm³/mol. The van der Waals surface area contributed by atoms with E-state index >= 15 is 0 Å². The number of hydrogen-bond donors (Lipinski definition) is 2. The maximum absolute atomic E-state index is 14.2. The van der Waals surface area contributed by atoms with Crippen molar-refractivity contribution < 1.29 is 22.4 Å². The highest BCUT2D eigenvalue weighted by Gasteiger charge is 2.47. The summed E-state index contributed by atoms with van der Waals surface area (Å²) in [5, 5.41) is 15.9. The van der Waals surface area contributed by atoms with Crippen molar-refractivity contribution in [3.05, 3.63) is 46.4 Å². The zero-order valence-corrected chi connectivity index (χ0v) is 19.7. The zero-order valence-electron chi connectivity index (χ0n) is 18.1. The number of carbonyl (C=O) groups excluding carboxylic acids is 1. The van der Waals surface area contributed by atoms with E-state index in [0.717, 1.165) is 9.86 Å². The Kier molecular flexibility index (Phi) is 6.18. The molecule has 174 valence electrons. The molecule has 5 nitrogen and oxygen atoms in total. The average Bonchev–Trinajstić information content (AvgIpc) is 3.42. The van der Waals surface area contributed by atoms with E-state index in [1.165, 1.54) is 12.1 Å². The van der Waals surface area contributed by atoms with Gasteiger partial charge in [-0.15, -0.1) is 0 Å². The normalized spacial score (nSPS) is 17.2. The number of hydrogen-bond acceptors (Lipinski definition) is 4. The van der Waals surface area contributed by atoms with Crippen LogP contribution in [-0.2, 0) is 4.79 Å². The van der Waals surface area contributed by atoms with Crippen LogP contribution in [0.4, 0.5) is 13.2 Å². The first-order valence-corrected chi connectivity index (χ1v) is 11.5. The van der Waals surface area contributed by atoms with Gasteiger partial charge in [0.2, 0.25) is 5.91 Å². The molecular formula is C24H23BrF3N3O2. The van der Waals surface area contributed by atoms with E-state index in [1.807, 2.05) is 26.0 Å². The van der Waals surface area contributed by atoms with Gasteiger partial charge >= 0.3 is 6.18 Å². The van der Waals surface area contributed by atoms with Crippen molar-refractivity contribution >= 4 is 43.8 Å². The SMILES string of the molecule is CC(C)C[C@H](N[C@@H](c1ccc2c(c1)oc1ccc(Br)cc12)C(F)(F)F)C(=O)NC1(C#N)CC1. The Bertz CT molecular complexity index is 1240. The van der Waals surface area contributed by atoms with Gasteiger partial charge in [0.25, 0.3) is 0 Å². The topological polar surface area (TPSA) is 78.1 Å². The predicted octanol–water partition coefficient (Wildman–Crippen LogP) is 6.13. The van der Waals surface area contributed by atoms with Gasteiger partial charge in [0.1, 0.15) is 22.7 Å². The quantitative estimate of drug-likeness (QED) is 0.392. The van der Waals surface area contributed by atoms with E-state index in [1.54, 1.807) is 18.2 Å². The highest BCUT2D eigenvalue weighted by molar-refractivity contribution is 9.10. The molecule has 3 aromatic rings. The molecule has 0 saturated heterocycles. The van der Waals surface area contributed by atoms with Gasteiger partial charge in [0.15, 0.2) is 0 Å². The van der Waals surface area contributed by atoms with Gasteiger partial charge in [-0.25, -0.2) is 0 Å².